The molecule has 8 nitrogen and oxygen atoms in total. The molecule has 0 bridgehead atoms. The van der Waals surface area contributed by atoms with Crippen LogP contribution in [0.5, 0.6) is 11.5 Å². The normalized spacial score (nSPS) is 12.5. The molecule has 0 unspecified atom stereocenters. The second kappa shape index (κ2) is 9.75. The number of thiophene rings is 2. The van der Waals surface area contributed by atoms with E-state index in [2.05, 4.69) is 32.6 Å². The number of nitrogens with zero attached hydrogens (tertiary/aromatic N) is 5. The highest BCUT2D eigenvalue weighted by Gasteiger charge is 2.17. The van der Waals surface area contributed by atoms with Crippen molar-refractivity contribution < 1.29 is 13.9 Å². The molecule has 1 aliphatic rings. The Labute approximate surface area is 177 Å². The van der Waals surface area contributed by atoms with E-state index in [0.29, 0.717) is 31.5 Å². The molecule has 0 aromatic carbocycles. The molecule has 3 aromatic rings. The molecule has 0 N–H and O–H groups in total. The van der Waals surface area contributed by atoms with Gasteiger partial charge in [-0.2, -0.15) is 5.11 Å². The van der Waals surface area contributed by atoms with Crippen molar-refractivity contribution in [2.75, 3.05) is 19.8 Å². The summed E-state index contributed by atoms with van der Waals surface area (Å²) in [5.41, 5.74) is 0.909. The zero-order valence-corrected chi connectivity index (χ0v) is 18.7. The van der Waals surface area contributed by atoms with E-state index < -0.39 is 0 Å². The van der Waals surface area contributed by atoms with Crippen LogP contribution in [-0.2, 0) is 0 Å². The summed E-state index contributed by atoms with van der Waals surface area (Å²) in [5.74, 6) is 2.83. The van der Waals surface area contributed by atoms with Gasteiger partial charge in [0.05, 0.1) is 18.1 Å². The summed E-state index contributed by atoms with van der Waals surface area (Å²) in [4.78, 5) is 4.37. The van der Waals surface area contributed by atoms with Gasteiger partial charge in [-0.25, -0.2) is 0 Å². The Bertz CT molecular complexity index is 1020. The van der Waals surface area contributed by atoms with E-state index in [1.807, 2.05) is 32.9 Å². The van der Waals surface area contributed by atoms with Crippen molar-refractivity contribution in [2.24, 2.45) is 15.4 Å². The second-order valence-electron chi connectivity index (χ2n) is 6.03. The molecule has 29 heavy (non-hydrogen) atoms. The molecule has 0 atom stereocenters. The van der Waals surface area contributed by atoms with Crippen LogP contribution in [0.1, 0.15) is 34.4 Å². The van der Waals surface area contributed by atoms with E-state index in [-0.39, 0.29) is 0 Å². The van der Waals surface area contributed by atoms with Crippen LogP contribution < -0.4 is 9.47 Å². The summed E-state index contributed by atoms with van der Waals surface area (Å²) in [5, 5.41) is 19.2. The quantitative estimate of drug-likeness (QED) is 0.516. The van der Waals surface area contributed by atoms with Crippen molar-refractivity contribution in [3.8, 4) is 22.3 Å². The van der Waals surface area contributed by atoms with Gasteiger partial charge in [0.2, 0.25) is 5.89 Å². The van der Waals surface area contributed by atoms with Gasteiger partial charge in [-0.1, -0.05) is 0 Å². The average Bonchev–Trinajstić information content (AvgIpc) is 3.45. The van der Waals surface area contributed by atoms with Crippen molar-refractivity contribution in [2.45, 2.75) is 34.6 Å². The van der Waals surface area contributed by atoms with Gasteiger partial charge in [-0.05, 0) is 45.1 Å². The van der Waals surface area contributed by atoms with Gasteiger partial charge >= 0.3 is 0 Å². The summed E-state index contributed by atoms with van der Waals surface area (Å²) in [6.45, 7) is 11.7. The molecule has 1 aliphatic heterocycles. The third kappa shape index (κ3) is 5.27. The van der Waals surface area contributed by atoms with E-state index in [1.165, 1.54) is 9.75 Å². The van der Waals surface area contributed by atoms with Gasteiger partial charge in [-0.15, -0.1) is 38.0 Å². The maximum absolute atomic E-state index is 5.52. The van der Waals surface area contributed by atoms with Crippen molar-refractivity contribution in [3.63, 3.8) is 0 Å². The van der Waals surface area contributed by atoms with Gasteiger partial charge in [0.1, 0.15) is 28.6 Å². The maximum Gasteiger partial charge on any atom is 0.261 e. The Hall–Kier alpha value is -2.59. The number of rotatable bonds is 6. The predicted octanol–water partition coefficient (Wildman–Crippen LogP) is 5.44. The maximum atomic E-state index is 5.52. The molecule has 10 heteroatoms. The number of hydrogen-bond donors (Lipinski definition) is 0. The average molecular weight is 434 g/mol. The van der Waals surface area contributed by atoms with Crippen LogP contribution in [0.3, 0.4) is 0 Å². The molecule has 0 spiro atoms. The first-order chi connectivity index (χ1) is 14.0. The minimum Gasteiger partial charge on any atom is -0.492 e. The summed E-state index contributed by atoms with van der Waals surface area (Å²) < 4.78 is 16.4. The molecule has 0 aliphatic carbocycles. The first kappa shape index (κ1) is 21.1. The van der Waals surface area contributed by atoms with E-state index in [0.717, 1.165) is 27.0 Å². The van der Waals surface area contributed by atoms with E-state index in [4.69, 9.17) is 13.9 Å². The molecule has 0 fully saturated rings. The predicted molar refractivity (Wildman–Crippen MR) is 115 cm³/mol. The lowest BCUT2D eigenvalue weighted by Gasteiger charge is -2.02. The Morgan fingerprint density at radius 1 is 0.931 bits per heavy atom. The lowest BCUT2D eigenvalue weighted by atomic mass is 10.3. The molecule has 0 saturated carbocycles. The van der Waals surface area contributed by atoms with Gasteiger partial charge in [0, 0.05) is 16.7 Å². The molecule has 4 rings (SSSR count). The van der Waals surface area contributed by atoms with Gasteiger partial charge in [0.25, 0.3) is 5.89 Å². The van der Waals surface area contributed by atoms with Crippen LogP contribution in [0, 0.1) is 20.8 Å². The fraction of sp³-hybridized carbons (Fsp3) is 0.421. The first-order valence-corrected chi connectivity index (χ1v) is 10.9. The van der Waals surface area contributed by atoms with E-state index in [9.17, 15) is 0 Å². The minimum absolute atomic E-state index is 0.536. The minimum atomic E-state index is 0.536. The Morgan fingerprint density at radius 3 is 2.07 bits per heavy atom. The molecule has 4 heterocycles. The van der Waals surface area contributed by atoms with Crippen molar-refractivity contribution in [3.05, 3.63) is 32.7 Å². The summed E-state index contributed by atoms with van der Waals surface area (Å²) in [6.07, 6.45) is 0. The van der Waals surface area contributed by atoms with E-state index >= 15 is 0 Å². The third-order valence-electron chi connectivity index (χ3n) is 3.67. The highest BCUT2D eigenvalue weighted by Crippen LogP contribution is 2.37. The van der Waals surface area contributed by atoms with Crippen molar-refractivity contribution in [1.29, 1.82) is 0 Å². The lowest BCUT2D eigenvalue weighted by molar-refractivity contribution is 0.341. The van der Waals surface area contributed by atoms with Crippen molar-refractivity contribution in [1.82, 2.24) is 10.2 Å². The molecule has 0 radical (unpaired) electrons. The standard InChI is InChI=1S/C10H12N2O2S.C9H11N3OS/c1-4-13-8-5-6(2)15-9(8)10-12-11-7(3)14-10;1-3-13-8-4-6(2)14-9(8)7-5-10-12-11-7/h5H,4H2,1-3H3;4H,3,5H2,1-2H3. The fourth-order valence-electron chi connectivity index (χ4n) is 2.58. The Kier molecular flexibility index (Phi) is 7.10. The van der Waals surface area contributed by atoms with Crippen LogP contribution in [0.15, 0.2) is 32.0 Å². The number of aryl methyl sites for hydroxylation is 3. The van der Waals surface area contributed by atoms with Crippen LogP contribution in [0.2, 0.25) is 0 Å². The fourth-order valence-corrected chi connectivity index (χ4v) is 4.38. The highest BCUT2D eigenvalue weighted by molar-refractivity contribution is 7.15. The second-order valence-corrected chi connectivity index (χ2v) is 8.54. The molecule has 0 saturated heterocycles. The summed E-state index contributed by atoms with van der Waals surface area (Å²) >= 11 is 3.28. The highest BCUT2D eigenvalue weighted by atomic mass is 32.1. The summed E-state index contributed by atoms with van der Waals surface area (Å²) in [6, 6.07) is 4.02. The van der Waals surface area contributed by atoms with Crippen LogP contribution in [0.4, 0.5) is 0 Å². The van der Waals surface area contributed by atoms with Crippen LogP contribution in [-0.4, -0.2) is 35.7 Å². The van der Waals surface area contributed by atoms with Crippen molar-refractivity contribution >= 4 is 28.4 Å². The first-order valence-electron chi connectivity index (χ1n) is 9.22. The Morgan fingerprint density at radius 2 is 1.55 bits per heavy atom. The zero-order chi connectivity index (χ0) is 20.8. The monoisotopic (exact) mass is 433 g/mol. The zero-order valence-electron chi connectivity index (χ0n) is 17.1. The number of ether oxygens (including phenoxy) is 2. The van der Waals surface area contributed by atoms with Crippen LogP contribution in [0.25, 0.3) is 10.8 Å². The Balaban J connectivity index is 0.000000166. The third-order valence-corrected chi connectivity index (χ3v) is 5.77. The smallest absolute Gasteiger partial charge is 0.261 e. The number of aromatic nitrogens is 2. The molecule has 154 valence electrons. The summed E-state index contributed by atoms with van der Waals surface area (Å²) in [7, 11) is 0. The van der Waals surface area contributed by atoms with Gasteiger partial charge in [-0.3, -0.25) is 0 Å². The van der Waals surface area contributed by atoms with E-state index in [1.54, 1.807) is 29.6 Å². The molecule has 0 amide bonds. The largest absolute Gasteiger partial charge is 0.492 e. The molecular weight excluding hydrogens is 410 g/mol. The van der Waals surface area contributed by atoms with Gasteiger partial charge < -0.3 is 13.9 Å². The van der Waals surface area contributed by atoms with Gasteiger partial charge in [0.15, 0.2) is 0 Å². The number of hydrogen-bond acceptors (Lipinski definition) is 10. The topological polar surface area (TPSA) is 94.5 Å². The lowest BCUT2D eigenvalue weighted by Crippen LogP contribution is -2.02. The molecule has 3 aromatic heterocycles. The van der Waals surface area contributed by atoms with Crippen LogP contribution >= 0.6 is 22.7 Å². The molecular formula is C19H23N5O3S2. The SMILES string of the molecule is CCOc1cc(C)sc1-c1nnc(C)o1.CCOc1cc(C)sc1C1=NN=NC1.